The van der Waals surface area contributed by atoms with E-state index in [0.29, 0.717) is 28.8 Å². The minimum absolute atomic E-state index is 0.152. The predicted octanol–water partition coefficient (Wildman–Crippen LogP) is 6.87. The van der Waals surface area contributed by atoms with Crippen LogP contribution in [-0.4, -0.2) is 17.7 Å². The van der Waals surface area contributed by atoms with Crippen molar-refractivity contribution in [2.24, 2.45) is 0 Å². The Balaban J connectivity index is 1.94. The summed E-state index contributed by atoms with van der Waals surface area (Å²) < 4.78 is 58.1. The van der Waals surface area contributed by atoms with Crippen molar-refractivity contribution in [3.05, 3.63) is 70.4 Å². The average Bonchev–Trinajstić information content (AvgIpc) is 3.05. The molecule has 10 heteroatoms. The number of thiophene rings is 1. The zero-order valence-electron chi connectivity index (χ0n) is 17.0. The first-order chi connectivity index (χ1) is 15.1. The molecule has 0 aliphatic rings. The summed E-state index contributed by atoms with van der Waals surface area (Å²) in [6.07, 6.45) is -4.63. The quantitative estimate of drug-likeness (QED) is 0.236. The van der Waals surface area contributed by atoms with Gasteiger partial charge in [0.1, 0.15) is 16.4 Å². The lowest BCUT2D eigenvalue weighted by atomic mass is 10.0. The molecule has 0 unspecified atom stereocenters. The molecule has 0 radical (unpaired) electrons. The fraction of sp³-hybridized carbons (Fsp3) is 0.182. The number of benzene rings is 2. The number of rotatable bonds is 5. The van der Waals surface area contributed by atoms with Gasteiger partial charge in [0.2, 0.25) is 0 Å². The molecule has 0 saturated carbocycles. The van der Waals surface area contributed by atoms with Gasteiger partial charge >= 0.3 is 12.1 Å². The Hall–Kier alpha value is -2.98. The Morgan fingerprint density at radius 3 is 2.44 bits per heavy atom. The number of hydrogen-bond acceptors (Lipinski definition) is 4. The number of alkyl halides is 3. The Kier molecular flexibility index (Phi) is 7.15. The van der Waals surface area contributed by atoms with Gasteiger partial charge in [0.15, 0.2) is 5.11 Å². The van der Waals surface area contributed by atoms with Crippen molar-refractivity contribution in [3.8, 4) is 11.1 Å². The molecular formula is C22H18F4N2O2S2. The van der Waals surface area contributed by atoms with Gasteiger partial charge in [-0.05, 0) is 49.8 Å². The third-order valence-electron chi connectivity index (χ3n) is 4.40. The third-order valence-corrected chi connectivity index (χ3v) is 5.62. The summed E-state index contributed by atoms with van der Waals surface area (Å²) in [5, 5.41) is 5.41. The molecule has 32 heavy (non-hydrogen) atoms. The van der Waals surface area contributed by atoms with Crippen LogP contribution in [0.5, 0.6) is 0 Å². The normalized spacial score (nSPS) is 11.2. The highest BCUT2D eigenvalue weighted by molar-refractivity contribution is 7.80. The van der Waals surface area contributed by atoms with E-state index in [2.05, 4.69) is 10.6 Å². The number of halogens is 4. The maximum absolute atomic E-state index is 14.1. The van der Waals surface area contributed by atoms with Gasteiger partial charge in [-0.1, -0.05) is 30.3 Å². The van der Waals surface area contributed by atoms with Crippen LogP contribution in [0.3, 0.4) is 0 Å². The van der Waals surface area contributed by atoms with Crippen molar-refractivity contribution in [1.82, 2.24) is 0 Å². The highest BCUT2D eigenvalue weighted by Crippen LogP contribution is 2.40. The summed E-state index contributed by atoms with van der Waals surface area (Å²) in [4.78, 5) is 13.5. The van der Waals surface area contributed by atoms with E-state index >= 15 is 0 Å². The van der Waals surface area contributed by atoms with Gasteiger partial charge in [-0.2, -0.15) is 13.2 Å². The van der Waals surface area contributed by atoms with Gasteiger partial charge in [0.05, 0.1) is 17.9 Å². The lowest BCUT2D eigenvalue weighted by molar-refractivity contribution is -0.137. The van der Waals surface area contributed by atoms with Crippen molar-refractivity contribution in [2.45, 2.75) is 20.0 Å². The average molecular weight is 483 g/mol. The Bertz CT molecular complexity index is 1140. The second kappa shape index (κ2) is 9.66. The van der Waals surface area contributed by atoms with Crippen molar-refractivity contribution in [2.75, 3.05) is 17.2 Å². The van der Waals surface area contributed by atoms with Crippen LogP contribution in [0, 0.1) is 12.7 Å². The van der Waals surface area contributed by atoms with Crippen molar-refractivity contribution >= 4 is 45.3 Å². The number of nitrogens with one attached hydrogen (secondary N) is 2. The number of thiocarbonyl (C=S) groups is 1. The number of carbonyl (C=O) groups excluding carboxylic acids is 1. The lowest BCUT2D eigenvalue weighted by Crippen LogP contribution is -2.21. The minimum atomic E-state index is -4.63. The predicted molar refractivity (Wildman–Crippen MR) is 122 cm³/mol. The van der Waals surface area contributed by atoms with Crippen molar-refractivity contribution < 1.29 is 27.1 Å². The number of hydrogen-bond donors (Lipinski definition) is 2. The molecule has 0 spiro atoms. The molecule has 0 aliphatic heterocycles. The maximum atomic E-state index is 14.1. The topological polar surface area (TPSA) is 50.4 Å². The summed E-state index contributed by atoms with van der Waals surface area (Å²) in [6, 6.07) is 11.2. The summed E-state index contributed by atoms with van der Waals surface area (Å²) in [5.74, 6) is -1.48. The molecule has 0 bridgehead atoms. The van der Waals surface area contributed by atoms with E-state index in [1.807, 2.05) is 37.3 Å². The van der Waals surface area contributed by atoms with Crippen LogP contribution in [-0.2, 0) is 10.9 Å². The standard InChI is InChI=1S/C22H18F4N2O2S2/c1-3-30-20(29)18-17(13-7-5-4-6-8-13)12(2)32-19(18)28-21(31)27-16-11-14(22(24,25)26)9-10-15(16)23/h4-11H,3H2,1-2H3,(H2,27,28,31). The highest BCUT2D eigenvalue weighted by Gasteiger charge is 2.31. The molecule has 1 heterocycles. The Morgan fingerprint density at radius 1 is 1.12 bits per heavy atom. The van der Waals surface area contributed by atoms with Gasteiger partial charge in [0.25, 0.3) is 0 Å². The molecule has 0 fully saturated rings. The first kappa shape index (κ1) is 23.7. The second-order valence-electron chi connectivity index (χ2n) is 6.60. The molecule has 168 valence electrons. The molecular weight excluding hydrogens is 464 g/mol. The van der Waals surface area contributed by atoms with Gasteiger partial charge in [0, 0.05) is 10.4 Å². The molecule has 0 atom stereocenters. The van der Waals surface area contributed by atoms with Crippen LogP contribution in [0.25, 0.3) is 11.1 Å². The van der Waals surface area contributed by atoms with Crippen LogP contribution in [0.15, 0.2) is 48.5 Å². The number of anilines is 2. The van der Waals surface area contributed by atoms with Crippen molar-refractivity contribution in [3.63, 3.8) is 0 Å². The zero-order chi connectivity index (χ0) is 23.5. The smallest absolute Gasteiger partial charge is 0.416 e. The van der Waals surface area contributed by atoms with E-state index in [0.717, 1.165) is 10.4 Å². The second-order valence-corrected chi connectivity index (χ2v) is 8.23. The summed E-state index contributed by atoms with van der Waals surface area (Å²) in [6.45, 7) is 3.65. The van der Waals surface area contributed by atoms with Crippen molar-refractivity contribution in [1.29, 1.82) is 0 Å². The lowest BCUT2D eigenvalue weighted by Gasteiger charge is -2.14. The van der Waals surface area contributed by atoms with Crippen LogP contribution >= 0.6 is 23.6 Å². The summed E-state index contributed by atoms with van der Waals surface area (Å²) in [5.41, 5.74) is 0.236. The van der Waals surface area contributed by atoms with Crippen LogP contribution in [0.4, 0.5) is 28.3 Å². The largest absolute Gasteiger partial charge is 0.462 e. The Morgan fingerprint density at radius 2 is 1.81 bits per heavy atom. The van der Waals surface area contributed by atoms with Crippen LogP contribution in [0.2, 0.25) is 0 Å². The maximum Gasteiger partial charge on any atom is 0.416 e. The molecule has 4 nitrogen and oxygen atoms in total. The fourth-order valence-electron chi connectivity index (χ4n) is 3.04. The summed E-state index contributed by atoms with van der Waals surface area (Å²) in [7, 11) is 0. The molecule has 3 aromatic rings. The van der Waals surface area contributed by atoms with E-state index in [9.17, 15) is 22.4 Å². The van der Waals surface area contributed by atoms with E-state index in [1.165, 1.54) is 11.3 Å². The minimum Gasteiger partial charge on any atom is -0.462 e. The fourth-order valence-corrected chi connectivity index (χ4v) is 4.38. The number of aryl methyl sites for hydroxylation is 1. The van der Waals surface area contributed by atoms with Crippen LogP contribution in [0.1, 0.15) is 27.7 Å². The molecule has 0 amide bonds. The van der Waals surface area contributed by atoms with Gasteiger partial charge in [-0.3, -0.25) is 0 Å². The molecule has 2 aromatic carbocycles. The molecule has 1 aromatic heterocycles. The number of carbonyl (C=O) groups is 1. The highest BCUT2D eigenvalue weighted by atomic mass is 32.1. The first-order valence-corrected chi connectivity index (χ1v) is 10.6. The number of esters is 1. The monoisotopic (exact) mass is 482 g/mol. The summed E-state index contributed by atoms with van der Waals surface area (Å²) >= 11 is 6.41. The molecule has 0 saturated heterocycles. The third kappa shape index (κ3) is 5.25. The van der Waals surface area contributed by atoms with Gasteiger partial charge < -0.3 is 15.4 Å². The SMILES string of the molecule is CCOC(=O)c1c(NC(=S)Nc2cc(C(F)(F)F)ccc2F)sc(C)c1-c1ccccc1. The molecule has 3 rings (SSSR count). The number of ether oxygens (including phenoxy) is 1. The van der Waals surface area contributed by atoms with E-state index < -0.39 is 29.2 Å². The van der Waals surface area contributed by atoms with E-state index in [4.69, 9.17) is 17.0 Å². The molecule has 2 N–H and O–H groups in total. The van der Waals surface area contributed by atoms with E-state index in [1.54, 1.807) is 6.92 Å². The van der Waals surface area contributed by atoms with Gasteiger partial charge in [-0.15, -0.1) is 11.3 Å². The Labute approximate surface area is 191 Å². The molecule has 0 aliphatic carbocycles. The van der Waals surface area contributed by atoms with Gasteiger partial charge in [-0.25, -0.2) is 9.18 Å². The van der Waals surface area contributed by atoms with Crippen LogP contribution < -0.4 is 10.6 Å². The van der Waals surface area contributed by atoms with E-state index in [-0.39, 0.29) is 17.3 Å². The zero-order valence-corrected chi connectivity index (χ0v) is 18.6. The first-order valence-electron chi connectivity index (χ1n) is 9.42.